The van der Waals surface area contributed by atoms with Crippen LogP contribution in [0.5, 0.6) is 0 Å². The summed E-state index contributed by atoms with van der Waals surface area (Å²) in [7, 11) is -3.61. The van der Waals surface area contributed by atoms with Crippen LogP contribution in [0.15, 0.2) is 47.5 Å². The van der Waals surface area contributed by atoms with Crippen LogP contribution in [0.25, 0.3) is 0 Å². The van der Waals surface area contributed by atoms with Gasteiger partial charge in [0.1, 0.15) is 0 Å². The van der Waals surface area contributed by atoms with E-state index in [9.17, 15) is 13.2 Å². The van der Waals surface area contributed by atoms with Gasteiger partial charge in [-0.3, -0.25) is 9.78 Å². The van der Waals surface area contributed by atoms with Gasteiger partial charge >= 0.3 is 0 Å². The third kappa shape index (κ3) is 5.95. The van der Waals surface area contributed by atoms with Crippen LogP contribution in [0.1, 0.15) is 23.2 Å². The van der Waals surface area contributed by atoms with Gasteiger partial charge in [-0.2, -0.15) is 0 Å². The van der Waals surface area contributed by atoms with Crippen molar-refractivity contribution in [1.82, 2.24) is 15.0 Å². The first-order valence-electron chi connectivity index (χ1n) is 8.12. The van der Waals surface area contributed by atoms with Gasteiger partial charge in [0.25, 0.3) is 0 Å². The average molecular weight is 361 g/mol. The zero-order valence-corrected chi connectivity index (χ0v) is 15.3. The molecule has 0 bridgehead atoms. The minimum Gasteiger partial charge on any atom is -0.356 e. The molecule has 134 valence electrons. The number of pyridine rings is 1. The van der Waals surface area contributed by atoms with E-state index in [-0.39, 0.29) is 23.8 Å². The number of hydrogen-bond donors (Lipinski definition) is 2. The number of rotatable bonds is 8. The summed E-state index contributed by atoms with van der Waals surface area (Å²) in [6.45, 7) is 4.12. The van der Waals surface area contributed by atoms with Gasteiger partial charge in [-0.25, -0.2) is 13.1 Å². The second-order valence-corrected chi connectivity index (χ2v) is 7.57. The molecular formula is C18H23N3O3S. The summed E-state index contributed by atoms with van der Waals surface area (Å²) in [5.74, 6) is -0.195. The highest BCUT2D eigenvalue weighted by atomic mass is 32.2. The number of benzene rings is 1. The lowest BCUT2D eigenvalue weighted by Gasteiger charge is -2.10. The molecule has 1 amide bonds. The van der Waals surface area contributed by atoms with Crippen molar-refractivity contribution >= 4 is 15.9 Å². The molecule has 2 rings (SSSR count). The molecule has 1 heterocycles. The van der Waals surface area contributed by atoms with E-state index in [2.05, 4.69) is 15.0 Å². The van der Waals surface area contributed by atoms with Crippen LogP contribution in [0.3, 0.4) is 0 Å². The van der Waals surface area contributed by atoms with E-state index >= 15 is 0 Å². The summed E-state index contributed by atoms with van der Waals surface area (Å²) in [4.78, 5) is 16.2. The van der Waals surface area contributed by atoms with E-state index in [4.69, 9.17) is 0 Å². The highest BCUT2D eigenvalue weighted by Crippen LogP contribution is 2.16. The SMILES string of the molecule is Cc1ccc(C)c(S(=O)(=O)NCCC(=O)NCCc2ccccn2)c1. The van der Waals surface area contributed by atoms with E-state index in [0.717, 1.165) is 11.3 Å². The molecule has 0 radical (unpaired) electrons. The van der Waals surface area contributed by atoms with Crippen molar-refractivity contribution in [3.63, 3.8) is 0 Å². The lowest BCUT2D eigenvalue weighted by molar-refractivity contribution is -0.120. The quantitative estimate of drug-likeness (QED) is 0.749. The molecule has 0 unspecified atom stereocenters. The predicted octanol–water partition coefficient (Wildman–Crippen LogP) is 1.73. The van der Waals surface area contributed by atoms with Crippen molar-refractivity contribution < 1.29 is 13.2 Å². The Balaban J connectivity index is 1.77. The molecule has 6 nitrogen and oxygen atoms in total. The normalized spacial score (nSPS) is 11.3. The number of aromatic nitrogens is 1. The zero-order chi connectivity index (χ0) is 18.3. The van der Waals surface area contributed by atoms with Gasteiger partial charge in [0.2, 0.25) is 15.9 Å². The van der Waals surface area contributed by atoms with Crippen molar-refractivity contribution in [3.05, 3.63) is 59.4 Å². The summed E-state index contributed by atoms with van der Waals surface area (Å²) in [6, 6.07) is 10.9. The first-order valence-corrected chi connectivity index (χ1v) is 9.60. The molecule has 0 spiro atoms. The van der Waals surface area contributed by atoms with Crippen molar-refractivity contribution in [1.29, 1.82) is 0 Å². The maximum atomic E-state index is 12.3. The third-order valence-corrected chi connectivity index (χ3v) is 5.31. The maximum Gasteiger partial charge on any atom is 0.240 e. The number of carbonyl (C=O) groups is 1. The topological polar surface area (TPSA) is 88.2 Å². The monoisotopic (exact) mass is 361 g/mol. The minimum atomic E-state index is -3.61. The van der Waals surface area contributed by atoms with Crippen molar-refractivity contribution in [3.8, 4) is 0 Å². The Morgan fingerprint density at radius 2 is 1.92 bits per heavy atom. The summed E-state index contributed by atoms with van der Waals surface area (Å²) in [5.41, 5.74) is 2.45. The van der Waals surface area contributed by atoms with E-state index in [1.165, 1.54) is 0 Å². The number of hydrogen-bond acceptors (Lipinski definition) is 4. The summed E-state index contributed by atoms with van der Waals surface area (Å²) in [6.07, 6.45) is 2.44. The number of nitrogens with zero attached hydrogens (tertiary/aromatic N) is 1. The van der Waals surface area contributed by atoms with E-state index < -0.39 is 10.0 Å². The van der Waals surface area contributed by atoms with Crippen molar-refractivity contribution in [2.24, 2.45) is 0 Å². The fraction of sp³-hybridized carbons (Fsp3) is 0.333. The molecule has 0 aliphatic heterocycles. The van der Waals surface area contributed by atoms with Crippen LogP contribution >= 0.6 is 0 Å². The van der Waals surface area contributed by atoms with Crippen LogP contribution in [-0.4, -0.2) is 32.4 Å². The molecule has 0 aliphatic rings. The Morgan fingerprint density at radius 3 is 2.64 bits per heavy atom. The Bertz CT molecular complexity index is 821. The summed E-state index contributed by atoms with van der Waals surface area (Å²) in [5, 5.41) is 2.76. The first kappa shape index (κ1) is 19.1. The number of sulfonamides is 1. The molecular weight excluding hydrogens is 338 g/mol. The zero-order valence-electron chi connectivity index (χ0n) is 14.5. The van der Waals surface area contributed by atoms with Gasteiger partial charge in [-0.05, 0) is 43.2 Å². The molecule has 1 aromatic carbocycles. The smallest absolute Gasteiger partial charge is 0.240 e. The largest absolute Gasteiger partial charge is 0.356 e. The second-order valence-electron chi connectivity index (χ2n) is 5.84. The average Bonchev–Trinajstić information content (AvgIpc) is 2.58. The first-order chi connectivity index (χ1) is 11.9. The van der Waals surface area contributed by atoms with Gasteiger partial charge < -0.3 is 5.32 Å². The lowest BCUT2D eigenvalue weighted by Crippen LogP contribution is -2.32. The van der Waals surface area contributed by atoms with Crippen LogP contribution in [0, 0.1) is 13.8 Å². The Labute approximate surface area is 148 Å². The molecule has 2 aromatic rings. The predicted molar refractivity (Wildman–Crippen MR) is 96.7 cm³/mol. The van der Waals surface area contributed by atoms with Gasteiger partial charge in [0.05, 0.1) is 4.90 Å². The fourth-order valence-corrected chi connectivity index (χ4v) is 3.70. The molecule has 0 aliphatic carbocycles. The molecule has 0 saturated heterocycles. The summed E-state index contributed by atoms with van der Waals surface area (Å²) >= 11 is 0. The van der Waals surface area contributed by atoms with Crippen LogP contribution in [-0.2, 0) is 21.2 Å². The van der Waals surface area contributed by atoms with Gasteiger partial charge in [-0.1, -0.05) is 18.2 Å². The molecule has 0 atom stereocenters. The van der Waals surface area contributed by atoms with Gasteiger partial charge in [-0.15, -0.1) is 0 Å². The molecule has 0 fully saturated rings. The fourth-order valence-electron chi connectivity index (χ4n) is 2.34. The molecule has 25 heavy (non-hydrogen) atoms. The Kier molecular flexibility index (Phi) is 6.66. The minimum absolute atomic E-state index is 0.0607. The number of carbonyl (C=O) groups excluding carboxylic acids is 1. The molecule has 1 aromatic heterocycles. The highest BCUT2D eigenvalue weighted by Gasteiger charge is 2.16. The number of aryl methyl sites for hydroxylation is 2. The number of nitrogens with one attached hydrogen (secondary N) is 2. The lowest BCUT2D eigenvalue weighted by atomic mass is 10.2. The Hall–Kier alpha value is -2.25. The van der Waals surface area contributed by atoms with E-state index in [0.29, 0.717) is 18.5 Å². The van der Waals surface area contributed by atoms with E-state index in [1.54, 1.807) is 25.3 Å². The molecule has 0 saturated carbocycles. The molecule has 7 heteroatoms. The van der Waals surface area contributed by atoms with Crippen molar-refractivity contribution in [2.45, 2.75) is 31.6 Å². The standard InChI is InChI=1S/C18H23N3O3S/c1-14-6-7-15(2)17(13-14)25(23,24)21-12-9-18(22)20-11-8-16-5-3-4-10-19-16/h3-7,10,13,21H,8-9,11-12H2,1-2H3,(H,20,22). The third-order valence-electron chi connectivity index (χ3n) is 3.71. The highest BCUT2D eigenvalue weighted by molar-refractivity contribution is 7.89. The maximum absolute atomic E-state index is 12.3. The van der Waals surface area contributed by atoms with Crippen LogP contribution in [0.2, 0.25) is 0 Å². The van der Waals surface area contributed by atoms with Gasteiger partial charge in [0, 0.05) is 37.8 Å². The van der Waals surface area contributed by atoms with Crippen molar-refractivity contribution in [2.75, 3.05) is 13.1 Å². The van der Waals surface area contributed by atoms with E-state index in [1.807, 2.05) is 31.2 Å². The van der Waals surface area contributed by atoms with Crippen LogP contribution < -0.4 is 10.0 Å². The second kappa shape index (κ2) is 8.73. The summed E-state index contributed by atoms with van der Waals surface area (Å²) < 4.78 is 27.2. The Morgan fingerprint density at radius 1 is 1.12 bits per heavy atom. The molecule has 2 N–H and O–H groups in total. The van der Waals surface area contributed by atoms with Crippen LogP contribution in [0.4, 0.5) is 0 Å². The van der Waals surface area contributed by atoms with Gasteiger partial charge in [0.15, 0.2) is 0 Å². The number of amides is 1.